The van der Waals surface area contributed by atoms with Gasteiger partial charge in [0.05, 0.1) is 0 Å². The molecule has 0 fully saturated rings. The fraction of sp³-hybridized carbons (Fsp3) is 0.900. The third-order valence-electron chi connectivity index (χ3n) is 5.31. The SMILES string of the molecule is CCCCCCC(C)(CC)C(=O)CC(C)(C)CC(C)(C)C(=O)NO. The Hall–Kier alpha value is -0.900. The second kappa shape index (κ2) is 9.55. The van der Waals surface area contributed by atoms with Crippen LogP contribution in [-0.2, 0) is 9.59 Å². The molecule has 0 spiro atoms. The van der Waals surface area contributed by atoms with Gasteiger partial charge in [0.25, 0.3) is 0 Å². The van der Waals surface area contributed by atoms with Crippen molar-refractivity contribution in [2.24, 2.45) is 16.2 Å². The topological polar surface area (TPSA) is 66.4 Å². The quantitative estimate of drug-likeness (QED) is 0.288. The number of unbranched alkanes of at least 4 members (excludes halogenated alkanes) is 3. The Morgan fingerprint density at radius 2 is 1.54 bits per heavy atom. The third-order valence-corrected chi connectivity index (χ3v) is 5.31. The molecule has 0 rings (SSSR count). The Kier molecular flexibility index (Phi) is 9.19. The van der Waals surface area contributed by atoms with Crippen LogP contribution in [0.5, 0.6) is 0 Å². The van der Waals surface area contributed by atoms with Gasteiger partial charge in [-0.2, -0.15) is 0 Å². The highest BCUT2D eigenvalue weighted by Crippen LogP contribution is 2.40. The number of carbonyl (C=O) groups is 2. The molecule has 4 nitrogen and oxygen atoms in total. The van der Waals surface area contributed by atoms with Crippen LogP contribution in [0.1, 0.15) is 99.8 Å². The van der Waals surface area contributed by atoms with Crippen molar-refractivity contribution in [1.82, 2.24) is 5.48 Å². The molecule has 0 bridgehead atoms. The first-order chi connectivity index (χ1) is 10.9. The first kappa shape index (κ1) is 23.1. The first-order valence-corrected chi connectivity index (χ1v) is 9.42. The fourth-order valence-corrected chi connectivity index (χ4v) is 3.59. The average Bonchev–Trinajstić information content (AvgIpc) is 2.48. The van der Waals surface area contributed by atoms with Crippen molar-refractivity contribution in [3.05, 3.63) is 0 Å². The number of ketones is 1. The molecule has 0 aliphatic carbocycles. The summed E-state index contributed by atoms with van der Waals surface area (Å²) in [4.78, 5) is 24.8. The van der Waals surface area contributed by atoms with Crippen molar-refractivity contribution in [3.63, 3.8) is 0 Å². The molecule has 0 heterocycles. The van der Waals surface area contributed by atoms with E-state index in [0.717, 1.165) is 19.3 Å². The van der Waals surface area contributed by atoms with Crippen LogP contribution in [0, 0.1) is 16.2 Å². The van der Waals surface area contributed by atoms with E-state index in [1.165, 1.54) is 19.3 Å². The molecule has 0 aromatic carbocycles. The van der Waals surface area contributed by atoms with Crippen molar-refractivity contribution in [2.75, 3.05) is 0 Å². The standard InChI is InChI=1S/C20H39NO3/c1-8-10-11-12-13-20(7,9-2)16(22)14-18(3,4)15-19(5,6)17(23)21-24/h24H,8-15H2,1-7H3,(H,21,23). The van der Waals surface area contributed by atoms with E-state index < -0.39 is 11.3 Å². The first-order valence-electron chi connectivity index (χ1n) is 9.42. The van der Waals surface area contributed by atoms with Crippen LogP contribution in [0.15, 0.2) is 0 Å². The highest BCUT2D eigenvalue weighted by atomic mass is 16.5. The zero-order chi connectivity index (χ0) is 19.0. The second-order valence-electron chi connectivity index (χ2n) is 8.99. The molecule has 1 unspecified atom stereocenters. The number of Topliss-reactive ketones (excluding diaryl/α,β-unsaturated/α-hetero) is 1. The zero-order valence-electron chi connectivity index (χ0n) is 16.9. The number of hydroxylamine groups is 1. The second-order valence-corrected chi connectivity index (χ2v) is 8.99. The van der Waals surface area contributed by atoms with Gasteiger partial charge in [-0.05, 0) is 24.7 Å². The van der Waals surface area contributed by atoms with Gasteiger partial charge in [0, 0.05) is 17.3 Å². The minimum atomic E-state index is -0.706. The third kappa shape index (κ3) is 7.33. The predicted octanol–water partition coefficient (Wildman–Crippen LogP) is 5.28. The number of amides is 1. The Labute approximate surface area is 148 Å². The summed E-state index contributed by atoms with van der Waals surface area (Å²) in [5, 5.41) is 8.89. The molecule has 1 amide bonds. The molecule has 0 radical (unpaired) electrons. The van der Waals surface area contributed by atoms with Crippen molar-refractivity contribution in [2.45, 2.75) is 99.8 Å². The summed E-state index contributed by atoms with van der Waals surface area (Å²) in [5.41, 5.74) is 0.478. The molecule has 0 aromatic rings. The molecule has 1 atom stereocenters. The summed E-state index contributed by atoms with van der Waals surface area (Å²) in [7, 11) is 0. The molecule has 2 N–H and O–H groups in total. The molecule has 0 saturated carbocycles. The highest BCUT2D eigenvalue weighted by Gasteiger charge is 2.39. The number of rotatable bonds is 12. The molecule has 142 valence electrons. The van der Waals surface area contributed by atoms with Crippen LogP contribution in [0.25, 0.3) is 0 Å². The summed E-state index contributed by atoms with van der Waals surface area (Å²) >= 11 is 0. The maximum absolute atomic E-state index is 13.0. The van der Waals surface area contributed by atoms with Crippen LogP contribution < -0.4 is 5.48 Å². The summed E-state index contributed by atoms with van der Waals surface area (Å²) < 4.78 is 0. The average molecular weight is 342 g/mol. The molecule has 0 aliphatic rings. The van der Waals surface area contributed by atoms with Gasteiger partial charge in [-0.25, -0.2) is 5.48 Å². The van der Waals surface area contributed by atoms with E-state index in [9.17, 15) is 9.59 Å². The monoisotopic (exact) mass is 341 g/mol. The molecule has 4 heteroatoms. The Bertz CT molecular complexity index is 415. The van der Waals surface area contributed by atoms with Crippen LogP contribution in [0.2, 0.25) is 0 Å². The molecule has 24 heavy (non-hydrogen) atoms. The number of carbonyl (C=O) groups excluding carboxylic acids is 2. The lowest BCUT2D eigenvalue weighted by atomic mass is 9.68. The van der Waals surface area contributed by atoms with Gasteiger partial charge in [-0.3, -0.25) is 14.8 Å². The number of hydrogen-bond acceptors (Lipinski definition) is 3. The Balaban J connectivity index is 4.86. The van der Waals surface area contributed by atoms with Gasteiger partial charge in [0.2, 0.25) is 5.91 Å². The van der Waals surface area contributed by atoms with E-state index in [0.29, 0.717) is 18.6 Å². The zero-order valence-corrected chi connectivity index (χ0v) is 16.9. The minimum Gasteiger partial charge on any atom is -0.299 e. The lowest BCUT2D eigenvalue weighted by Gasteiger charge is -2.36. The van der Waals surface area contributed by atoms with E-state index in [4.69, 9.17) is 5.21 Å². The van der Waals surface area contributed by atoms with Crippen molar-refractivity contribution in [1.29, 1.82) is 0 Å². The lowest BCUT2D eigenvalue weighted by molar-refractivity contribution is -0.141. The summed E-state index contributed by atoms with van der Waals surface area (Å²) in [6, 6.07) is 0. The van der Waals surface area contributed by atoms with Gasteiger partial charge < -0.3 is 0 Å². The van der Waals surface area contributed by atoms with Gasteiger partial charge >= 0.3 is 0 Å². The predicted molar refractivity (Wildman–Crippen MR) is 98.9 cm³/mol. The van der Waals surface area contributed by atoms with E-state index >= 15 is 0 Å². The van der Waals surface area contributed by atoms with Crippen LogP contribution in [0.3, 0.4) is 0 Å². The van der Waals surface area contributed by atoms with E-state index in [1.54, 1.807) is 19.3 Å². The van der Waals surface area contributed by atoms with Gasteiger partial charge in [-0.1, -0.05) is 74.1 Å². The number of hydrogen-bond donors (Lipinski definition) is 2. The summed E-state index contributed by atoms with van der Waals surface area (Å²) in [6.45, 7) is 14.0. The molecular weight excluding hydrogens is 302 g/mol. The maximum Gasteiger partial charge on any atom is 0.249 e. The van der Waals surface area contributed by atoms with Crippen molar-refractivity contribution < 1.29 is 14.8 Å². The Morgan fingerprint density at radius 1 is 0.958 bits per heavy atom. The maximum atomic E-state index is 13.0. The smallest absolute Gasteiger partial charge is 0.249 e. The van der Waals surface area contributed by atoms with E-state index in [-0.39, 0.29) is 10.8 Å². The fourth-order valence-electron chi connectivity index (χ4n) is 3.59. The van der Waals surface area contributed by atoms with Crippen molar-refractivity contribution >= 4 is 11.7 Å². The normalized spacial score (nSPS) is 15.0. The van der Waals surface area contributed by atoms with Crippen LogP contribution in [0.4, 0.5) is 0 Å². The molecule has 0 saturated heterocycles. The highest BCUT2D eigenvalue weighted by molar-refractivity contribution is 5.85. The largest absolute Gasteiger partial charge is 0.299 e. The van der Waals surface area contributed by atoms with Crippen LogP contribution in [-0.4, -0.2) is 16.9 Å². The van der Waals surface area contributed by atoms with E-state index in [2.05, 4.69) is 20.8 Å². The van der Waals surface area contributed by atoms with Gasteiger partial charge in [-0.15, -0.1) is 0 Å². The van der Waals surface area contributed by atoms with Gasteiger partial charge in [0.15, 0.2) is 0 Å². The van der Waals surface area contributed by atoms with Gasteiger partial charge in [0.1, 0.15) is 5.78 Å². The molecule has 0 aromatic heterocycles. The van der Waals surface area contributed by atoms with E-state index in [1.807, 2.05) is 13.8 Å². The summed E-state index contributed by atoms with van der Waals surface area (Å²) in [6.07, 6.45) is 7.53. The Morgan fingerprint density at radius 3 is 2.00 bits per heavy atom. The molecular formula is C20H39NO3. The minimum absolute atomic E-state index is 0.269. The summed E-state index contributed by atoms with van der Waals surface area (Å²) in [5.74, 6) is -0.104. The van der Waals surface area contributed by atoms with Crippen LogP contribution >= 0.6 is 0 Å². The number of nitrogens with one attached hydrogen (secondary N) is 1. The van der Waals surface area contributed by atoms with Crippen molar-refractivity contribution in [3.8, 4) is 0 Å². The molecule has 0 aliphatic heterocycles. The lowest BCUT2D eigenvalue weighted by Crippen LogP contribution is -2.40.